The first-order chi connectivity index (χ1) is 20.7. The average Bonchev–Trinajstić information content (AvgIpc) is 3.63. The van der Waals surface area contributed by atoms with Gasteiger partial charge >= 0.3 is 11.9 Å². The Morgan fingerprint density at radius 3 is 2.34 bits per heavy atom. The number of fused-ring (bicyclic) bond motifs is 1. The van der Waals surface area contributed by atoms with E-state index in [-0.39, 0.29) is 23.3 Å². The molecule has 2 amide bonds. The molecule has 0 bridgehead atoms. The number of likely N-dealkylation sites (tertiary alicyclic amines) is 1. The molecule has 0 radical (unpaired) electrons. The number of aliphatic carboxylic acids is 2. The maximum absolute atomic E-state index is 12.6. The summed E-state index contributed by atoms with van der Waals surface area (Å²) >= 11 is 0. The normalized spacial score (nSPS) is 13.7. The topological polar surface area (TPSA) is 225 Å². The highest BCUT2D eigenvalue weighted by atomic mass is 16.4. The lowest BCUT2D eigenvalue weighted by Gasteiger charge is -2.21. The Morgan fingerprint density at radius 1 is 1.02 bits per heavy atom. The average molecular weight is 600 g/mol. The lowest BCUT2D eigenvalue weighted by Crippen LogP contribution is -2.30. The van der Waals surface area contributed by atoms with Crippen molar-refractivity contribution < 1.29 is 34.9 Å². The predicted molar refractivity (Wildman–Crippen MR) is 160 cm³/mol. The number of carbonyl (C=O) groups excluding carboxylic acids is 2. The van der Waals surface area contributed by atoms with Crippen molar-refractivity contribution in [2.45, 2.75) is 25.8 Å². The maximum Gasteiger partial charge on any atom is 0.328 e. The largest absolute Gasteiger partial charge is 0.478 e. The number of nitrogens with one attached hydrogen (secondary N) is 1. The summed E-state index contributed by atoms with van der Waals surface area (Å²) in [5.41, 5.74) is 8.84. The monoisotopic (exact) mass is 599 g/mol. The van der Waals surface area contributed by atoms with Crippen LogP contribution in [0.15, 0.2) is 73.2 Å². The van der Waals surface area contributed by atoms with Gasteiger partial charge in [0.05, 0.1) is 6.04 Å². The molecule has 1 atom stereocenters. The third kappa shape index (κ3) is 7.60. The molecule has 14 heteroatoms. The van der Waals surface area contributed by atoms with Crippen LogP contribution in [-0.2, 0) is 14.4 Å². The van der Waals surface area contributed by atoms with Crippen LogP contribution in [0.2, 0.25) is 0 Å². The zero-order valence-electron chi connectivity index (χ0n) is 23.5. The van der Waals surface area contributed by atoms with E-state index in [1.54, 1.807) is 60.7 Å². The Bertz CT molecular complexity index is 1740. The Hall–Kier alpha value is -6.07. The lowest BCUT2D eigenvalue weighted by atomic mass is 10.1. The molecule has 4 heterocycles. The van der Waals surface area contributed by atoms with Gasteiger partial charge in [0, 0.05) is 48.4 Å². The van der Waals surface area contributed by atoms with Crippen molar-refractivity contribution in [1.29, 1.82) is 0 Å². The number of imidazole rings is 1. The van der Waals surface area contributed by atoms with Crippen molar-refractivity contribution in [2.24, 2.45) is 0 Å². The first-order valence-electron chi connectivity index (χ1n) is 13.0. The fourth-order valence-electron chi connectivity index (χ4n) is 4.53. The van der Waals surface area contributed by atoms with Gasteiger partial charge in [0.25, 0.3) is 11.8 Å². The number of hydrogen-bond acceptors (Lipinski definition) is 8. The van der Waals surface area contributed by atoms with Crippen LogP contribution in [0, 0.1) is 11.8 Å². The molecule has 0 unspecified atom stereocenters. The van der Waals surface area contributed by atoms with Gasteiger partial charge in [-0.15, -0.1) is 0 Å². The minimum Gasteiger partial charge on any atom is -0.478 e. The number of nitrogen functional groups attached to an aromatic ring is 1. The molecule has 1 aliphatic rings. The Morgan fingerprint density at radius 2 is 1.73 bits per heavy atom. The van der Waals surface area contributed by atoms with Gasteiger partial charge in [-0.3, -0.25) is 14.0 Å². The van der Waals surface area contributed by atoms with E-state index >= 15 is 0 Å². The van der Waals surface area contributed by atoms with Crippen molar-refractivity contribution >= 4 is 40.9 Å². The van der Waals surface area contributed by atoms with Crippen molar-refractivity contribution in [1.82, 2.24) is 24.3 Å². The van der Waals surface area contributed by atoms with E-state index in [2.05, 4.69) is 27.1 Å². The highest BCUT2D eigenvalue weighted by Gasteiger charge is 2.33. The molecule has 226 valence electrons. The summed E-state index contributed by atoms with van der Waals surface area (Å²) in [7, 11) is 0. The highest BCUT2D eigenvalue weighted by Crippen LogP contribution is 2.36. The van der Waals surface area contributed by atoms with E-state index in [0.717, 1.165) is 18.4 Å². The number of benzene rings is 1. The number of hydrogen-bond donors (Lipinski definition) is 4. The van der Waals surface area contributed by atoms with Gasteiger partial charge in [-0.05, 0) is 50.0 Å². The number of nitrogens with zero attached hydrogens (tertiary/aromatic N) is 5. The molecule has 7 N–H and O–H groups in total. The molecule has 1 aromatic carbocycles. The number of amides is 2. The van der Waals surface area contributed by atoms with Crippen LogP contribution in [-0.4, -0.2) is 70.2 Å². The number of rotatable bonds is 6. The van der Waals surface area contributed by atoms with Crippen molar-refractivity contribution in [3.05, 3.63) is 84.6 Å². The fraction of sp³-hybridized carbons (Fsp3) is 0.167. The smallest absolute Gasteiger partial charge is 0.328 e. The number of anilines is 2. The van der Waals surface area contributed by atoms with E-state index < -0.39 is 11.9 Å². The van der Waals surface area contributed by atoms with Crippen LogP contribution in [0.1, 0.15) is 42.0 Å². The zero-order valence-corrected chi connectivity index (χ0v) is 23.5. The van der Waals surface area contributed by atoms with Gasteiger partial charge in [0.15, 0.2) is 0 Å². The number of aromatic nitrogens is 4. The number of nitrogens with two attached hydrogens (primary N) is 1. The summed E-state index contributed by atoms with van der Waals surface area (Å²) in [5.74, 6) is 3.87. The van der Waals surface area contributed by atoms with Crippen LogP contribution in [0.4, 0.5) is 11.6 Å². The van der Waals surface area contributed by atoms with Crippen LogP contribution in [0.3, 0.4) is 0 Å². The zero-order chi connectivity index (χ0) is 30.9. The number of carboxylic acid groups (broad SMARTS) is 2. The highest BCUT2D eigenvalue weighted by molar-refractivity contribution is 6.04. The Balaban J connectivity index is 0.000000521. The minimum atomic E-state index is -1.26. The molecule has 1 aliphatic heterocycles. The Labute approximate surface area is 251 Å². The van der Waals surface area contributed by atoms with Gasteiger partial charge in [0.1, 0.15) is 28.7 Å². The third-order valence-corrected chi connectivity index (χ3v) is 6.35. The quantitative estimate of drug-likeness (QED) is 0.187. The summed E-state index contributed by atoms with van der Waals surface area (Å²) in [6.07, 6.45) is 7.81. The minimum absolute atomic E-state index is 0. The van der Waals surface area contributed by atoms with E-state index in [9.17, 15) is 19.2 Å². The maximum atomic E-state index is 12.6. The van der Waals surface area contributed by atoms with Crippen LogP contribution in [0.5, 0.6) is 0 Å². The number of carbonyl (C=O) groups is 4. The fourth-order valence-corrected chi connectivity index (χ4v) is 4.53. The molecule has 14 nitrogen and oxygen atoms in total. The van der Waals surface area contributed by atoms with E-state index in [0.29, 0.717) is 52.9 Å². The second kappa shape index (κ2) is 14.7. The molecular weight excluding hydrogens is 570 g/mol. The summed E-state index contributed by atoms with van der Waals surface area (Å²) in [4.78, 5) is 59.4. The summed E-state index contributed by atoms with van der Waals surface area (Å²) in [6, 6.07) is 12.2. The first-order valence-corrected chi connectivity index (χ1v) is 13.0. The van der Waals surface area contributed by atoms with Crippen LogP contribution >= 0.6 is 0 Å². The second-order valence-electron chi connectivity index (χ2n) is 9.14. The molecule has 1 saturated heterocycles. The SMILES string of the molecule is CC#CC(=O)N1CCC[C@H]1c1nc(-c2ccc(C(=O)Nc3ccccn3)cc2)c2c(N)nccn12.O.O=C(O)/C=C\C(=O)O. The number of pyridine rings is 1. The molecular formula is C30H29N7O7. The number of carboxylic acids is 2. The molecule has 0 saturated carbocycles. The van der Waals surface area contributed by atoms with Crippen molar-refractivity contribution in [2.75, 3.05) is 17.6 Å². The standard InChI is InChI=1S/C26H23N7O2.C4H4O4.H2O/c1-2-6-21(34)32-15-5-7-19(32)25-31-22(23-24(27)29-14-16-33(23)25)17-9-11-18(12-10-17)26(35)30-20-8-3-4-13-28-20;5-3(6)1-2-4(7)8;/h3-4,8-14,16,19H,5,7,15H2,1H3,(H2,27,29)(H,28,30,35);1-2H,(H,5,6)(H,7,8);1H2/b;2-1-;/t19-;;/m0../s1. The summed E-state index contributed by atoms with van der Waals surface area (Å²) in [5, 5.41) is 18.4. The van der Waals surface area contributed by atoms with Gasteiger partial charge in [-0.1, -0.05) is 24.1 Å². The van der Waals surface area contributed by atoms with E-state index in [1.165, 1.54) is 0 Å². The van der Waals surface area contributed by atoms with Gasteiger partial charge in [0.2, 0.25) is 0 Å². The van der Waals surface area contributed by atoms with Gasteiger partial charge < -0.3 is 31.6 Å². The van der Waals surface area contributed by atoms with Crippen molar-refractivity contribution in [3.63, 3.8) is 0 Å². The van der Waals surface area contributed by atoms with Gasteiger partial charge in [-0.2, -0.15) is 0 Å². The molecule has 3 aromatic heterocycles. The molecule has 44 heavy (non-hydrogen) atoms. The van der Waals surface area contributed by atoms with E-state index in [1.807, 2.05) is 16.5 Å². The summed E-state index contributed by atoms with van der Waals surface area (Å²) < 4.78 is 1.90. The Kier molecular flexibility index (Phi) is 10.8. The first kappa shape index (κ1) is 32.4. The second-order valence-corrected chi connectivity index (χ2v) is 9.14. The predicted octanol–water partition coefficient (Wildman–Crippen LogP) is 2.20. The molecule has 0 spiro atoms. The van der Waals surface area contributed by atoms with Gasteiger partial charge in [-0.25, -0.2) is 24.5 Å². The molecule has 0 aliphatic carbocycles. The van der Waals surface area contributed by atoms with Crippen LogP contribution < -0.4 is 11.1 Å². The molecule has 1 fully saturated rings. The molecule has 5 rings (SSSR count). The van der Waals surface area contributed by atoms with Crippen LogP contribution in [0.25, 0.3) is 16.8 Å². The van der Waals surface area contributed by atoms with Crippen molar-refractivity contribution in [3.8, 4) is 23.1 Å². The molecule has 4 aromatic rings. The lowest BCUT2D eigenvalue weighted by molar-refractivity contribution is -0.134. The third-order valence-electron chi connectivity index (χ3n) is 6.35. The summed E-state index contributed by atoms with van der Waals surface area (Å²) in [6.45, 7) is 2.28. The van der Waals surface area contributed by atoms with E-state index in [4.69, 9.17) is 20.9 Å².